The largest absolute Gasteiger partial charge is 0.334 e. The molecule has 5 nitrogen and oxygen atoms in total. The zero-order valence-electron chi connectivity index (χ0n) is 14.7. The first-order valence-corrected chi connectivity index (χ1v) is 8.57. The fraction of sp³-hybridized carbons (Fsp3) is 0.0455. The molecule has 0 fully saturated rings. The van der Waals surface area contributed by atoms with Crippen LogP contribution in [-0.2, 0) is 0 Å². The summed E-state index contributed by atoms with van der Waals surface area (Å²) in [6.45, 7) is 2.01. The molecular weight excluding hydrogens is 338 g/mol. The molecule has 0 saturated carbocycles. The normalized spacial score (nSPS) is 10.6. The van der Waals surface area contributed by atoms with Crippen molar-refractivity contribution in [3.63, 3.8) is 0 Å². The molecule has 1 aromatic heterocycles. The van der Waals surface area contributed by atoms with Crippen LogP contribution in [0, 0.1) is 6.92 Å². The Morgan fingerprint density at radius 2 is 1.70 bits per heavy atom. The highest BCUT2D eigenvalue weighted by Crippen LogP contribution is 2.29. The summed E-state index contributed by atoms with van der Waals surface area (Å²) < 4.78 is 5.46. The number of carbonyl (C=O) groups excluding carboxylic acids is 1. The summed E-state index contributed by atoms with van der Waals surface area (Å²) in [5.41, 5.74) is 3.88. The highest BCUT2D eigenvalue weighted by atomic mass is 16.5. The third-order valence-electron chi connectivity index (χ3n) is 4.14. The lowest BCUT2D eigenvalue weighted by Crippen LogP contribution is -2.12. The molecule has 0 spiro atoms. The number of nitrogens with one attached hydrogen (secondary N) is 1. The van der Waals surface area contributed by atoms with Crippen LogP contribution in [0.1, 0.15) is 15.9 Å². The predicted octanol–water partition coefficient (Wildman–Crippen LogP) is 4.96. The number of rotatable bonds is 4. The fourth-order valence-electron chi connectivity index (χ4n) is 2.80. The van der Waals surface area contributed by atoms with Crippen molar-refractivity contribution in [1.29, 1.82) is 0 Å². The van der Waals surface area contributed by atoms with E-state index in [9.17, 15) is 4.79 Å². The Balaban J connectivity index is 1.65. The molecule has 0 saturated heterocycles. The number of carbonyl (C=O) groups is 1. The van der Waals surface area contributed by atoms with Crippen molar-refractivity contribution in [3.05, 3.63) is 90.0 Å². The number of amides is 1. The van der Waals surface area contributed by atoms with Crippen LogP contribution >= 0.6 is 0 Å². The van der Waals surface area contributed by atoms with E-state index >= 15 is 0 Å². The molecule has 4 rings (SSSR count). The number of hydrogen-bond acceptors (Lipinski definition) is 4. The van der Waals surface area contributed by atoms with Crippen LogP contribution in [0.15, 0.2) is 83.4 Å². The van der Waals surface area contributed by atoms with Gasteiger partial charge in [-0.2, -0.15) is 4.98 Å². The van der Waals surface area contributed by atoms with Crippen molar-refractivity contribution in [2.75, 3.05) is 5.32 Å². The number of para-hydroxylation sites is 1. The van der Waals surface area contributed by atoms with Gasteiger partial charge < -0.3 is 9.84 Å². The van der Waals surface area contributed by atoms with Crippen LogP contribution in [0.25, 0.3) is 22.8 Å². The monoisotopic (exact) mass is 355 g/mol. The Labute approximate surface area is 156 Å². The Morgan fingerprint density at radius 1 is 0.926 bits per heavy atom. The van der Waals surface area contributed by atoms with Crippen LogP contribution < -0.4 is 5.32 Å². The Morgan fingerprint density at radius 3 is 2.52 bits per heavy atom. The predicted molar refractivity (Wildman–Crippen MR) is 104 cm³/mol. The van der Waals surface area contributed by atoms with Gasteiger partial charge in [-0.3, -0.25) is 4.79 Å². The lowest BCUT2D eigenvalue weighted by atomic mass is 10.1. The molecule has 4 aromatic rings. The molecule has 1 heterocycles. The van der Waals surface area contributed by atoms with Gasteiger partial charge in [-0.25, -0.2) is 0 Å². The third kappa shape index (κ3) is 3.62. The van der Waals surface area contributed by atoms with Gasteiger partial charge in [0.05, 0.1) is 11.3 Å². The first-order valence-electron chi connectivity index (χ1n) is 8.57. The molecule has 0 radical (unpaired) electrons. The molecule has 132 valence electrons. The van der Waals surface area contributed by atoms with Gasteiger partial charge in [0.15, 0.2) is 0 Å². The van der Waals surface area contributed by atoms with Gasteiger partial charge in [-0.1, -0.05) is 59.3 Å². The lowest BCUT2D eigenvalue weighted by Gasteiger charge is -2.08. The van der Waals surface area contributed by atoms with E-state index < -0.39 is 0 Å². The maximum Gasteiger partial charge on any atom is 0.260 e. The first-order chi connectivity index (χ1) is 13.2. The van der Waals surface area contributed by atoms with Gasteiger partial charge in [0.2, 0.25) is 5.82 Å². The summed E-state index contributed by atoms with van der Waals surface area (Å²) in [6, 6.07) is 24.3. The number of benzene rings is 3. The third-order valence-corrected chi connectivity index (χ3v) is 4.14. The molecule has 0 aliphatic carbocycles. The van der Waals surface area contributed by atoms with E-state index in [1.54, 1.807) is 12.1 Å². The summed E-state index contributed by atoms with van der Waals surface area (Å²) in [7, 11) is 0. The van der Waals surface area contributed by atoms with Crippen LogP contribution in [0.2, 0.25) is 0 Å². The fourth-order valence-corrected chi connectivity index (χ4v) is 2.80. The van der Waals surface area contributed by atoms with Crippen LogP contribution in [0.5, 0.6) is 0 Å². The van der Waals surface area contributed by atoms with E-state index in [4.69, 9.17) is 4.52 Å². The molecule has 1 N–H and O–H groups in total. The number of anilines is 1. The summed E-state index contributed by atoms with van der Waals surface area (Å²) in [5.74, 6) is 0.676. The van der Waals surface area contributed by atoms with Crippen LogP contribution in [-0.4, -0.2) is 16.0 Å². The molecule has 0 aliphatic heterocycles. The maximum atomic E-state index is 12.5. The summed E-state index contributed by atoms with van der Waals surface area (Å²) in [6.07, 6.45) is 0. The summed E-state index contributed by atoms with van der Waals surface area (Å²) in [5, 5.41) is 7.00. The lowest BCUT2D eigenvalue weighted by molar-refractivity contribution is 0.102. The van der Waals surface area contributed by atoms with Crippen molar-refractivity contribution in [3.8, 4) is 22.8 Å². The van der Waals surface area contributed by atoms with Gasteiger partial charge in [0, 0.05) is 11.1 Å². The molecule has 3 aromatic carbocycles. The molecular formula is C22H17N3O2. The van der Waals surface area contributed by atoms with E-state index in [0.717, 1.165) is 11.1 Å². The molecule has 0 unspecified atom stereocenters. The number of hydrogen-bond donors (Lipinski definition) is 1. The minimum Gasteiger partial charge on any atom is -0.334 e. The van der Waals surface area contributed by atoms with Crippen molar-refractivity contribution in [1.82, 2.24) is 10.1 Å². The Hall–Kier alpha value is -3.73. The van der Waals surface area contributed by atoms with Crippen molar-refractivity contribution >= 4 is 11.6 Å². The van der Waals surface area contributed by atoms with Gasteiger partial charge in [0.1, 0.15) is 0 Å². The highest BCUT2D eigenvalue weighted by molar-refractivity contribution is 6.05. The van der Waals surface area contributed by atoms with Gasteiger partial charge in [-0.15, -0.1) is 0 Å². The number of aromatic nitrogens is 2. The molecule has 27 heavy (non-hydrogen) atoms. The maximum absolute atomic E-state index is 12.5. The Bertz CT molecular complexity index is 1090. The van der Waals surface area contributed by atoms with Crippen LogP contribution in [0.3, 0.4) is 0 Å². The van der Waals surface area contributed by atoms with Crippen molar-refractivity contribution in [2.45, 2.75) is 6.92 Å². The average Bonchev–Trinajstić information content (AvgIpc) is 3.19. The standard InChI is InChI=1S/C22H17N3O2/c1-15-8-7-11-17(14-15)20-24-22(27-25-20)18-12-5-6-13-19(18)23-21(26)16-9-3-2-4-10-16/h2-14H,1H3,(H,23,26). The first kappa shape index (κ1) is 16.7. The zero-order chi connectivity index (χ0) is 18.6. The number of nitrogens with zero attached hydrogens (tertiary/aromatic N) is 2. The molecule has 5 heteroatoms. The molecule has 0 atom stereocenters. The minimum absolute atomic E-state index is 0.193. The Kier molecular flexibility index (Phi) is 4.49. The molecule has 1 amide bonds. The second-order valence-electron chi connectivity index (χ2n) is 6.16. The second-order valence-corrected chi connectivity index (χ2v) is 6.16. The van der Waals surface area contributed by atoms with Crippen LogP contribution in [0.4, 0.5) is 5.69 Å². The second kappa shape index (κ2) is 7.25. The highest BCUT2D eigenvalue weighted by Gasteiger charge is 2.16. The minimum atomic E-state index is -0.193. The summed E-state index contributed by atoms with van der Waals surface area (Å²) in [4.78, 5) is 17.0. The van der Waals surface area contributed by atoms with Crippen molar-refractivity contribution < 1.29 is 9.32 Å². The molecule has 0 aliphatic rings. The average molecular weight is 355 g/mol. The van der Waals surface area contributed by atoms with E-state index in [2.05, 4.69) is 15.5 Å². The van der Waals surface area contributed by atoms with Crippen molar-refractivity contribution in [2.24, 2.45) is 0 Å². The topological polar surface area (TPSA) is 68.0 Å². The smallest absolute Gasteiger partial charge is 0.260 e. The quantitative estimate of drug-likeness (QED) is 0.561. The SMILES string of the molecule is Cc1cccc(-c2noc(-c3ccccc3NC(=O)c3ccccc3)n2)c1. The number of aryl methyl sites for hydroxylation is 1. The zero-order valence-corrected chi connectivity index (χ0v) is 14.7. The summed E-state index contributed by atoms with van der Waals surface area (Å²) >= 11 is 0. The van der Waals surface area contributed by atoms with E-state index in [1.807, 2.05) is 73.7 Å². The van der Waals surface area contributed by atoms with Gasteiger partial charge in [0.25, 0.3) is 11.8 Å². The van der Waals surface area contributed by atoms with E-state index in [0.29, 0.717) is 28.5 Å². The van der Waals surface area contributed by atoms with Gasteiger partial charge in [-0.05, 0) is 37.3 Å². The van der Waals surface area contributed by atoms with Gasteiger partial charge >= 0.3 is 0 Å². The van der Waals surface area contributed by atoms with E-state index in [-0.39, 0.29) is 5.91 Å². The van der Waals surface area contributed by atoms with E-state index in [1.165, 1.54) is 0 Å². The molecule has 0 bridgehead atoms.